The number of benzene rings is 1. The lowest BCUT2D eigenvalue weighted by atomic mass is 9.85. The summed E-state index contributed by atoms with van der Waals surface area (Å²) in [6, 6.07) is 6.46. The lowest BCUT2D eigenvalue weighted by Gasteiger charge is -2.37. The van der Waals surface area contributed by atoms with Crippen molar-refractivity contribution in [3.8, 4) is 10.4 Å². The van der Waals surface area contributed by atoms with Gasteiger partial charge in [0.1, 0.15) is 12.1 Å². The first-order valence-corrected chi connectivity index (χ1v) is 15.8. The molecule has 4 rings (SSSR count). The lowest BCUT2D eigenvalue weighted by molar-refractivity contribution is -0.144. The predicted molar refractivity (Wildman–Crippen MR) is 165 cm³/mol. The molecule has 0 saturated carbocycles. The Labute approximate surface area is 257 Å². The van der Waals surface area contributed by atoms with E-state index in [4.69, 9.17) is 5.11 Å². The Morgan fingerprint density at radius 3 is 2.19 bits per heavy atom. The highest BCUT2D eigenvalue weighted by molar-refractivity contribution is 7.13. The molecule has 2 saturated heterocycles. The molecule has 2 aromatic rings. The molecule has 1 aromatic carbocycles. The summed E-state index contributed by atoms with van der Waals surface area (Å²) in [5.41, 5.74) is 4.32. The van der Waals surface area contributed by atoms with Gasteiger partial charge in [-0.25, -0.2) is 4.98 Å². The molecule has 12 heteroatoms. The molecular formula is C31H44N6O5S. The van der Waals surface area contributed by atoms with Gasteiger partial charge in [-0.3, -0.25) is 29.0 Å². The first-order valence-electron chi connectivity index (χ1n) is 14.9. The standard InChI is InChI=1S/C31H44N6O5S/c1-20(22-8-10-23(11-9-22)27-21(2)32-19-43-27)33-29(41)24-7-6-12-37(24)30(42)28(31(3,4)5)34-25(38)17-35-13-15-36(16-14-35)18-26(39)40/h8-11,19-20,24,28H,6-7,12-18H2,1-5H3,(H,33,41)(H,34,38)(H,39,40)/t20-,24-,28+/m0/s1. The van der Waals surface area contributed by atoms with E-state index in [0.717, 1.165) is 21.7 Å². The van der Waals surface area contributed by atoms with E-state index in [2.05, 4.69) is 15.6 Å². The van der Waals surface area contributed by atoms with Crippen LogP contribution in [0.5, 0.6) is 0 Å². The van der Waals surface area contributed by atoms with Gasteiger partial charge in [-0.05, 0) is 43.2 Å². The molecular weight excluding hydrogens is 568 g/mol. The lowest BCUT2D eigenvalue weighted by Crippen LogP contribution is -2.59. The molecule has 3 heterocycles. The van der Waals surface area contributed by atoms with Gasteiger partial charge in [-0.1, -0.05) is 45.0 Å². The van der Waals surface area contributed by atoms with Crippen LogP contribution in [0.3, 0.4) is 0 Å². The number of amides is 3. The van der Waals surface area contributed by atoms with E-state index in [0.29, 0.717) is 45.6 Å². The van der Waals surface area contributed by atoms with Crippen LogP contribution in [0.4, 0.5) is 0 Å². The average molecular weight is 613 g/mol. The van der Waals surface area contributed by atoms with Gasteiger partial charge in [0, 0.05) is 32.7 Å². The van der Waals surface area contributed by atoms with Crippen LogP contribution >= 0.6 is 11.3 Å². The van der Waals surface area contributed by atoms with Crippen molar-refractivity contribution in [1.82, 2.24) is 30.3 Å². The number of aliphatic carboxylic acids is 1. The van der Waals surface area contributed by atoms with Gasteiger partial charge in [-0.2, -0.15) is 0 Å². The fraction of sp³-hybridized carbons (Fsp3) is 0.581. The number of hydrogen-bond acceptors (Lipinski definition) is 8. The zero-order chi connectivity index (χ0) is 31.3. The van der Waals surface area contributed by atoms with E-state index >= 15 is 0 Å². The smallest absolute Gasteiger partial charge is 0.317 e. The highest BCUT2D eigenvalue weighted by Gasteiger charge is 2.42. The topological polar surface area (TPSA) is 135 Å². The van der Waals surface area contributed by atoms with Crippen LogP contribution in [-0.4, -0.2) is 106 Å². The van der Waals surface area contributed by atoms with Gasteiger partial charge in [0.15, 0.2) is 0 Å². The first-order chi connectivity index (χ1) is 20.3. The van der Waals surface area contributed by atoms with Gasteiger partial charge in [0.2, 0.25) is 17.7 Å². The van der Waals surface area contributed by atoms with E-state index in [1.54, 1.807) is 16.2 Å². The molecule has 0 spiro atoms. The van der Waals surface area contributed by atoms with E-state index in [1.165, 1.54) is 0 Å². The summed E-state index contributed by atoms with van der Waals surface area (Å²) in [6.07, 6.45) is 1.28. The number of thiazole rings is 1. The molecule has 2 aliphatic rings. The van der Waals surface area contributed by atoms with Gasteiger partial charge in [-0.15, -0.1) is 11.3 Å². The number of rotatable bonds is 10. The average Bonchev–Trinajstić information content (AvgIpc) is 3.61. The predicted octanol–water partition coefficient (Wildman–Crippen LogP) is 2.52. The summed E-state index contributed by atoms with van der Waals surface area (Å²) in [5.74, 6) is -1.57. The van der Waals surface area contributed by atoms with Gasteiger partial charge in [0.05, 0.1) is 35.2 Å². The number of aromatic nitrogens is 1. The van der Waals surface area contributed by atoms with Crippen molar-refractivity contribution in [3.05, 3.63) is 41.0 Å². The minimum absolute atomic E-state index is 0.0104. The highest BCUT2D eigenvalue weighted by Crippen LogP contribution is 2.29. The molecule has 11 nitrogen and oxygen atoms in total. The van der Waals surface area contributed by atoms with Crippen molar-refractivity contribution in [2.45, 2.75) is 65.6 Å². The number of carboxylic acid groups (broad SMARTS) is 1. The minimum Gasteiger partial charge on any atom is -0.480 e. The monoisotopic (exact) mass is 612 g/mol. The summed E-state index contributed by atoms with van der Waals surface area (Å²) in [7, 11) is 0. The van der Waals surface area contributed by atoms with Gasteiger partial charge in [0.25, 0.3) is 0 Å². The molecule has 2 fully saturated rings. The Kier molecular flexibility index (Phi) is 10.6. The highest BCUT2D eigenvalue weighted by atomic mass is 32.1. The summed E-state index contributed by atoms with van der Waals surface area (Å²) < 4.78 is 0. The van der Waals surface area contributed by atoms with Crippen LogP contribution in [0.15, 0.2) is 29.8 Å². The van der Waals surface area contributed by atoms with E-state index in [9.17, 15) is 19.2 Å². The minimum atomic E-state index is -0.863. The fourth-order valence-corrected chi connectivity index (χ4v) is 6.53. The molecule has 1 aromatic heterocycles. The number of piperazine rings is 1. The Morgan fingerprint density at radius 2 is 1.63 bits per heavy atom. The third kappa shape index (κ3) is 8.39. The maximum absolute atomic E-state index is 13.9. The van der Waals surface area contributed by atoms with Crippen LogP contribution in [0.2, 0.25) is 0 Å². The number of nitrogens with one attached hydrogen (secondary N) is 2. The molecule has 0 bridgehead atoms. The molecule has 43 heavy (non-hydrogen) atoms. The maximum Gasteiger partial charge on any atom is 0.317 e. The summed E-state index contributed by atoms with van der Waals surface area (Å²) in [4.78, 5) is 62.2. The maximum atomic E-state index is 13.9. The second-order valence-corrected chi connectivity index (χ2v) is 13.5. The summed E-state index contributed by atoms with van der Waals surface area (Å²) >= 11 is 1.60. The SMILES string of the molecule is Cc1ncsc1-c1ccc([C@H](C)NC(=O)[C@@H]2CCCN2C(=O)[C@@H](NC(=O)CN2CCN(CC(=O)O)CC2)C(C)(C)C)cc1. The molecule has 3 amide bonds. The number of hydrogen-bond donors (Lipinski definition) is 3. The van der Waals surface area contributed by atoms with Crippen molar-refractivity contribution >= 4 is 35.0 Å². The van der Waals surface area contributed by atoms with Gasteiger partial charge < -0.3 is 20.6 Å². The van der Waals surface area contributed by atoms with Crippen molar-refractivity contribution in [3.63, 3.8) is 0 Å². The van der Waals surface area contributed by atoms with Crippen molar-refractivity contribution in [2.24, 2.45) is 5.41 Å². The van der Waals surface area contributed by atoms with Crippen LogP contribution in [-0.2, 0) is 19.2 Å². The third-order valence-electron chi connectivity index (χ3n) is 8.22. The Balaban J connectivity index is 1.35. The zero-order valence-electron chi connectivity index (χ0n) is 25.8. The molecule has 0 radical (unpaired) electrons. The Morgan fingerprint density at radius 1 is 1.00 bits per heavy atom. The van der Waals surface area contributed by atoms with E-state index in [-0.39, 0.29) is 36.9 Å². The molecule has 3 atom stereocenters. The second kappa shape index (κ2) is 14.0. The third-order valence-corrected chi connectivity index (χ3v) is 9.20. The summed E-state index contributed by atoms with van der Waals surface area (Å²) in [6.45, 7) is 12.5. The Hall–Kier alpha value is -3.35. The number of carboxylic acids is 1. The summed E-state index contributed by atoms with van der Waals surface area (Å²) in [5, 5.41) is 15.1. The zero-order valence-corrected chi connectivity index (χ0v) is 26.6. The fourth-order valence-electron chi connectivity index (χ4n) is 5.72. The van der Waals surface area contributed by atoms with Crippen LogP contribution < -0.4 is 10.6 Å². The number of likely N-dealkylation sites (tertiary alicyclic amines) is 1. The van der Waals surface area contributed by atoms with Crippen molar-refractivity contribution < 1.29 is 24.3 Å². The van der Waals surface area contributed by atoms with Crippen LogP contribution in [0.25, 0.3) is 10.4 Å². The molecule has 0 aliphatic carbocycles. The number of carbonyl (C=O) groups is 4. The van der Waals surface area contributed by atoms with Gasteiger partial charge >= 0.3 is 5.97 Å². The molecule has 3 N–H and O–H groups in total. The number of nitrogens with zero attached hydrogens (tertiary/aromatic N) is 4. The van der Waals surface area contributed by atoms with Crippen molar-refractivity contribution in [2.75, 3.05) is 45.8 Å². The first kappa shape index (κ1) is 32.6. The van der Waals surface area contributed by atoms with E-state index in [1.807, 2.05) is 74.2 Å². The number of aryl methyl sites for hydroxylation is 1. The quantitative estimate of drug-likeness (QED) is 0.373. The van der Waals surface area contributed by atoms with Crippen molar-refractivity contribution in [1.29, 1.82) is 0 Å². The Bertz CT molecular complexity index is 1300. The normalized spacial score (nSPS) is 19.6. The number of carbonyl (C=O) groups excluding carboxylic acids is 3. The molecule has 234 valence electrons. The van der Waals surface area contributed by atoms with Crippen LogP contribution in [0.1, 0.15) is 57.8 Å². The molecule has 0 unspecified atom stereocenters. The van der Waals surface area contributed by atoms with Crippen LogP contribution in [0, 0.1) is 12.3 Å². The van der Waals surface area contributed by atoms with E-state index < -0.39 is 23.5 Å². The largest absolute Gasteiger partial charge is 0.480 e. The second-order valence-electron chi connectivity index (χ2n) is 12.6. The molecule has 2 aliphatic heterocycles.